The first kappa shape index (κ1) is 10.3. The van der Waals surface area contributed by atoms with Crippen LogP contribution in [0.2, 0.25) is 0 Å². The van der Waals surface area contributed by atoms with E-state index in [0.29, 0.717) is 19.3 Å². The molecule has 0 radical (unpaired) electrons. The molecule has 0 saturated carbocycles. The average molecular weight is 184 g/mol. The number of carboxylic acid groups (broad SMARTS) is 1. The molecule has 1 unspecified atom stereocenters. The van der Waals surface area contributed by atoms with Crippen molar-refractivity contribution in [1.29, 1.82) is 0 Å². The molecule has 1 aliphatic rings. The molecule has 0 aromatic carbocycles. The summed E-state index contributed by atoms with van der Waals surface area (Å²) in [6.45, 7) is 1.98. The Bertz CT molecular complexity index is 232. The highest BCUT2D eigenvalue weighted by atomic mass is 16.4. The van der Waals surface area contributed by atoms with Gasteiger partial charge in [-0.1, -0.05) is 11.6 Å². The molecule has 0 saturated heterocycles. The summed E-state index contributed by atoms with van der Waals surface area (Å²) in [5, 5.41) is 17.9. The van der Waals surface area contributed by atoms with Crippen molar-refractivity contribution in [2.24, 2.45) is 5.41 Å². The molecule has 0 bridgehead atoms. The molecule has 2 N–H and O–H groups in total. The summed E-state index contributed by atoms with van der Waals surface area (Å²) in [4.78, 5) is 11.0. The lowest BCUT2D eigenvalue weighted by atomic mass is 9.73. The van der Waals surface area contributed by atoms with Crippen LogP contribution in [0.1, 0.15) is 32.6 Å². The van der Waals surface area contributed by atoms with E-state index >= 15 is 0 Å². The maximum Gasteiger partial charge on any atom is 0.310 e. The van der Waals surface area contributed by atoms with E-state index in [1.54, 1.807) is 0 Å². The van der Waals surface area contributed by atoms with E-state index in [9.17, 15) is 4.79 Å². The molecule has 0 heterocycles. The summed E-state index contributed by atoms with van der Waals surface area (Å²) in [6, 6.07) is 0. The van der Waals surface area contributed by atoms with Crippen molar-refractivity contribution in [3.8, 4) is 0 Å². The van der Waals surface area contributed by atoms with Gasteiger partial charge >= 0.3 is 5.97 Å². The summed E-state index contributed by atoms with van der Waals surface area (Å²) >= 11 is 0. The van der Waals surface area contributed by atoms with Gasteiger partial charge in [-0.3, -0.25) is 4.79 Å². The molecule has 1 aliphatic carbocycles. The summed E-state index contributed by atoms with van der Waals surface area (Å²) in [7, 11) is 0. The Morgan fingerprint density at radius 2 is 2.38 bits per heavy atom. The molecular formula is C10H16O3. The van der Waals surface area contributed by atoms with Gasteiger partial charge in [0.25, 0.3) is 0 Å². The Balaban J connectivity index is 2.76. The Morgan fingerprint density at radius 3 is 2.77 bits per heavy atom. The molecule has 0 aromatic heterocycles. The first-order valence-electron chi connectivity index (χ1n) is 4.61. The molecule has 1 rings (SSSR count). The van der Waals surface area contributed by atoms with Crippen molar-refractivity contribution in [1.82, 2.24) is 0 Å². The van der Waals surface area contributed by atoms with Gasteiger partial charge in [0, 0.05) is 6.61 Å². The smallest absolute Gasteiger partial charge is 0.310 e. The number of carboxylic acids is 1. The number of hydrogen-bond donors (Lipinski definition) is 2. The number of hydrogen-bond acceptors (Lipinski definition) is 2. The highest BCUT2D eigenvalue weighted by molar-refractivity contribution is 5.75. The van der Waals surface area contributed by atoms with Crippen LogP contribution in [0.25, 0.3) is 0 Å². The first-order chi connectivity index (χ1) is 6.10. The third kappa shape index (κ3) is 2.10. The van der Waals surface area contributed by atoms with Crippen LogP contribution in [0.3, 0.4) is 0 Å². The van der Waals surface area contributed by atoms with Gasteiger partial charge in [0.1, 0.15) is 0 Å². The molecule has 1 atom stereocenters. The molecule has 0 spiro atoms. The number of aliphatic hydroxyl groups is 1. The first-order valence-corrected chi connectivity index (χ1v) is 4.61. The minimum Gasteiger partial charge on any atom is -0.481 e. The van der Waals surface area contributed by atoms with Crippen molar-refractivity contribution < 1.29 is 15.0 Å². The maximum atomic E-state index is 11.0. The highest BCUT2D eigenvalue weighted by Crippen LogP contribution is 2.38. The summed E-state index contributed by atoms with van der Waals surface area (Å²) in [5.74, 6) is -0.773. The molecule has 0 aromatic rings. The second-order valence-electron chi connectivity index (χ2n) is 3.81. The number of aliphatic carboxylic acids is 1. The standard InChI is InChI=1S/C10H16O3/c1-8-2-4-10(5-3-8,6-7-11)9(12)13/h2,11H,3-7H2,1H3,(H,12,13). The lowest BCUT2D eigenvalue weighted by molar-refractivity contribution is -0.150. The Labute approximate surface area is 78.1 Å². The van der Waals surface area contributed by atoms with Crippen molar-refractivity contribution in [3.05, 3.63) is 11.6 Å². The van der Waals surface area contributed by atoms with Gasteiger partial charge in [-0.15, -0.1) is 0 Å². The summed E-state index contributed by atoms with van der Waals surface area (Å²) < 4.78 is 0. The zero-order chi connectivity index (χ0) is 9.90. The average Bonchev–Trinajstić information content (AvgIpc) is 2.09. The van der Waals surface area contributed by atoms with Crippen molar-refractivity contribution >= 4 is 5.97 Å². The second kappa shape index (κ2) is 3.92. The Kier molecular flexibility index (Phi) is 3.09. The van der Waals surface area contributed by atoms with Gasteiger partial charge < -0.3 is 10.2 Å². The number of carbonyl (C=O) groups is 1. The fraction of sp³-hybridized carbons (Fsp3) is 0.700. The number of aliphatic hydroxyl groups excluding tert-OH is 1. The fourth-order valence-corrected chi connectivity index (χ4v) is 1.75. The van der Waals surface area contributed by atoms with Gasteiger partial charge in [0.2, 0.25) is 0 Å². The number of allylic oxidation sites excluding steroid dienone is 2. The SMILES string of the molecule is CC1=CCC(CCO)(C(=O)O)CC1. The van der Waals surface area contributed by atoms with Crippen LogP contribution >= 0.6 is 0 Å². The summed E-state index contributed by atoms with van der Waals surface area (Å²) in [5.41, 5.74) is 0.559. The molecular weight excluding hydrogens is 168 g/mol. The minimum absolute atomic E-state index is 0.0425. The Morgan fingerprint density at radius 1 is 1.69 bits per heavy atom. The Hall–Kier alpha value is -0.830. The van der Waals surface area contributed by atoms with Crippen LogP contribution in [0.15, 0.2) is 11.6 Å². The van der Waals surface area contributed by atoms with E-state index in [2.05, 4.69) is 0 Å². The minimum atomic E-state index is -0.773. The zero-order valence-corrected chi connectivity index (χ0v) is 7.92. The summed E-state index contributed by atoms with van der Waals surface area (Å²) in [6.07, 6.45) is 4.41. The van der Waals surface area contributed by atoms with Crippen LogP contribution in [0, 0.1) is 5.41 Å². The van der Waals surface area contributed by atoms with Crippen LogP contribution < -0.4 is 0 Å². The second-order valence-corrected chi connectivity index (χ2v) is 3.81. The highest BCUT2D eigenvalue weighted by Gasteiger charge is 2.38. The maximum absolute atomic E-state index is 11.0. The monoisotopic (exact) mass is 184 g/mol. The van der Waals surface area contributed by atoms with E-state index in [1.807, 2.05) is 13.0 Å². The molecule has 0 aliphatic heterocycles. The topological polar surface area (TPSA) is 57.5 Å². The van der Waals surface area contributed by atoms with Crippen LogP contribution in [-0.2, 0) is 4.79 Å². The van der Waals surface area contributed by atoms with E-state index in [0.717, 1.165) is 6.42 Å². The van der Waals surface area contributed by atoms with Gasteiger partial charge in [-0.05, 0) is 32.6 Å². The molecule has 3 heteroatoms. The van der Waals surface area contributed by atoms with E-state index in [-0.39, 0.29) is 6.61 Å². The predicted molar refractivity (Wildman–Crippen MR) is 49.4 cm³/mol. The molecule has 13 heavy (non-hydrogen) atoms. The quantitative estimate of drug-likeness (QED) is 0.654. The third-order valence-electron chi connectivity index (χ3n) is 2.88. The number of rotatable bonds is 3. The molecule has 74 valence electrons. The van der Waals surface area contributed by atoms with Crippen molar-refractivity contribution in [3.63, 3.8) is 0 Å². The van der Waals surface area contributed by atoms with Gasteiger partial charge in [-0.25, -0.2) is 0 Å². The van der Waals surface area contributed by atoms with Gasteiger partial charge in [0.05, 0.1) is 5.41 Å². The van der Waals surface area contributed by atoms with E-state index in [1.165, 1.54) is 5.57 Å². The lowest BCUT2D eigenvalue weighted by Gasteiger charge is -2.31. The largest absolute Gasteiger partial charge is 0.481 e. The van der Waals surface area contributed by atoms with Crippen LogP contribution in [0.5, 0.6) is 0 Å². The lowest BCUT2D eigenvalue weighted by Crippen LogP contribution is -2.33. The fourth-order valence-electron chi connectivity index (χ4n) is 1.75. The molecule has 3 nitrogen and oxygen atoms in total. The third-order valence-corrected chi connectivity index (χ3v) is 2.88. The van der Waals surface area contributed by atoms with Crippen LogP contribution in [0.4, 0.5) is 0 Å². The van der Waals surface area contributed by atoms with Gasteiger partial charge in [-0.2, -0.15) is 0 Å². The molecule has 0 fully saturated rings. The predicted octanol–water partition coefficient (Wildman–Crippen LogP) is 1.57. The zero-order valence-electron chi connectivity index (χ0n) is 7.92. The van der Waals surface area contributed by atoms with E-state index < -0.39 is 11.4 Å². The van der Waals surface area contributed by atoms with E-state index in [4.69, 9.17) is 10.2 Å². The van der Waals surface area contributed by atoms with Gasteiger partial charge in [0.15, 0.2) is 0 Å². The normalized spacial score (nSPS) is 28.3. The van der Waals surface area contributed by atoms with Crippen LogP contribution in [-0.4, -0.2) is 22.8 Å². The van der Waals surface area contributed by atoms with Crippen molar-refractivity contribution in [2.45, 2.75) is 32.6 Å². The molecule has 0 amide bonds. The van der Waals surface area contributed by atoms with Crippen molar-refractivity contribution in [2.75, 3.05) is 6.61 Å².